The Kier molecular flexibility index (Phi) is 4.47. The van der Waals surface area contributed by atoms with Crippen LogP contribution in [0.25, 0.3) is 11.0 Å². The van der Waals surface area contributed by atoms with Gasteiger partial charge in [-0.25, -0.2) is 4.98 Å². The smallest absolute Gasteiger partial charge is 0.119 e. The Morgan fingerprint density at radius 3 is 2.75 bits per heavy atom. The third-order valence-electron chi connectivity index (χ3n) is 4.67. The maximum atomic E-state index is 5.91. The van der Waals surface area contributed by atoms with E-state index in [0.717, 1.165) is 30.9 Å². The molecule has 2 aromatic carbocycles. The number of hydrogen-bond acceptors (Lipinski definition) is 3. The van der Waals surface area contributed by atoms with Crippen molar-refractivity contribution in [3.8, 4) is 5.75 Å². The molecule has 0 aliphatic carbocycles. The molecule has 4 nitrogen and oxygen atoms in total. The molecule has 1 saturated heterocycles. The van der Waals surface area contributed by atoms with Gasteiger partial charge >= 0.3 is 0 Å². The van der Waals surface area contributed by atoms with E-state index in [9.17, 15) is 0 Å². The number of fused-ring (bicyclic) bond motifs is 1. The fourth-order valence-electron chi connectivity index (χ4n) is 3.48. The van der Waals surface area contributed by atoms with Crippen LogP contribution in [0.15, 0.2) is 54.6 Å². The summed E-state index contributed by atoms with van der Waals surface area (Å²) in [6, 6.07) is 18.4. The average Bonchev–Trinajstić information content (AvgIpc) is 3.02. The topological polar surface area (TPSA) is 39.1 Å². The quantitative estimate of drug-likeness (QED) is 0.780. The fourth-order valence-corrected chi connectivity index (χ4v) is 3.48. The second-order valence-electron chi connectivity index (χ2n) is 6.32. The second-order valence-corrected chi connectivity index (χ2v) is 6.32. The van der Waals surface area contributed by atoms with Crippen LogP contribution >= 0.6 is 0 Å². The number of benzene rings is 2. The van der Waals surface area contributed by atoms with Gasteiger partial charge in [-0.1, -0.05) is 30.3 Å². The molecular weight excluding hydrogens is 298 g/mol. The second kappa shape index (κ2) is 7.05. The lowest BCUT2D eigenvalue weighted by molar-refractivity contribution is 0.295. The molecule has 3 aromatic rings. The minimum absolute atomic E-state index is 0.489. The summed E-state index contributed by atoms with van der Waals surface area (Å²) >= 11 is 0. The van der Waals surface area contributed by atoms with Crippen LogP contribution in [0.3, 0.4) is 0 Å². The molecule has 4 heteroatoms. The molecule has 0 saturated carbocycles. The van der Waals surface area contributed by atoms with E-state index in [2.05, 4.69) is 34.1 Å². The molecule has 124 valence electrons. The number of piperidine rings is 1. The van der Waals surface area contributed by atoms with Crippen molar-refractivity contribution in [1.82, 2.24) is 14.9 Å². The molecule has 1 aliphatic heterocycles. The molecule has 1 fully saturated rings. The molecule has 1 atom stereocenters. The van der Waals surface area contributed by atoms with Gasteiger partial charge in [0.15, 0.2) is 0 Å². The normalized spacial score (nSPS) is 17.9. The summed E-state index contributed by atoms with van der Waals surface area (Å²) in [6.07, 6.45) is 2.42. The SMILES string of the molecule is c1ccc(OCCn2c(C3CCCNC3)nc3ccccc32)cc1. The molecule has 24 heavy (non-hydrogen) atoms. The number of nitrogens with zero attached hydrogens (tertiary/aromatic N) is 2. The maximum Gasteiger partial charge on any atom is 0.119 e. The highest BCUT2D eigenvalue weighted by Crippen LogP contribution is 2.26. The van der Waals surface area contributed by atoms with Crippen molar-refractivity contribution in [3.63, 3.8) is 0 Å². The number of nitrogens with one attached hydrogen (secondary N) is 1. The molecule has 1 aliphatic rings. The Morgan fingerprint density at radius 1 is 1.08 bits per heavy atom. The molecule has 0 amide bonds. The molecule has 1 unspecified atom stereocenters. The predicted octanol–water partition coefficient (Wildman–Crippen LogP) is 3.58. The summed E-state index contributed by atoms with van der Waals surface area (Å²) in [4.78, 5) is 4.93. The van der Waals surface area contributed by atoms with Crippen LogP contribution < -0.4 is 10.1 Å². The van der Waals surface area contributed by atoms with E-state index in [-0.39, 0.29) is 0 Å². The molecule has 0 spiro atoms. The summed E-state index contributed by atoms with van der Waals surface area (Å²) in [5.74, 6) is 2.60. The van der Waals surface area contributed by atoms with E-state index in [0.29, 0.717) is 12.5 Å². The Labute approximate surface area is 142 Å². The Balaban J connectivity index is 1.57. The number of ether oxygens (including phenoxy) is 1. The molecule has 0 radical (unpaired) electrons. The van der Waals surface area contributed by atoms with E-state index >= 15 is 0 Å². The zero-order valence-electron chi connectivity index (χ0n) is 13.8. The largest absolute Gasteiger partial charge is 0.492 e. The van der Waals surface area contributed by atoms with Gasteiger partial charge in [0.25, 0.3) is 0 Å². The summed E-state index contributed by atoms with van der Waals surface area (Å²) in [6.45, 7) is 3.61. The molecule has 0 bridgehead atoms. The zero-order valence-corrected chi connectivity index (χ0v) is 13.8. The highest BCUT2D eigenvalue weighted by molar-refractivity contribution is 5.76. The van der Waals surface area contributed by atoms with E-state index in [4.69, 9.17) is 9.72 Å². The highest BCUT2D eigenvalue weighted by Gasteiger charge is 2.22. The third kappa shape index (κ3) is 3.15. The Morgan fingerprint density at radius 2 is 1.92 bits per heavy atom. The number of rotatable bonds is 5. The number of para-hydroxylation sites is 3. The average molecular weight is 321 g/mol. The summed E-state index contributed by atoms with van der Waals surface area (Å²) in [5, 5.41) is 3.50. The summed E-state index contributed by atoms with van der Waals surface area (Å²) < 4.78 is 8.25. The highest BCUT2D eigenvalue weighted by atomic mass is 16.5. The van der Waals surface area contributed by atoms with Crippen molar-refractivity contribution in [3.05, 3.63) is 60.4 Å². The summed E-state index contributed by atoms with van der Waals surface area (Å²) in [5.41, 5.74) is 2.28. The van der Waals surface area contributed by atoms with Gasteiger partial charge in [-0.2, -0.15) is 0 Å². The standard InChI is InChI=1S/C20H23N3O/c1-2-8-17(9-3-1)24-14-13-23-19-11-5-4-10-18(19)22-20(23)16-7-6-12-21-15-16/h1-5,8-11,16,21H,6-7,12-15H2. The van der Waals surface area contributed by atoms with Crippen LogP contribution in [-0.2, 0) is 6.54 Å². The maximum absolute atomic E-state index is 5.91. The van der Waals surface area contributed by atoms with Crippen molar-refractivity contribution >= 4 is 11.0 Å². The van der Waals surface area contributed by atoms with E-state index < -0.39 is 0 Å². The van der Waals surface area contributed by atoms with Gasteiger partial charge in [0, 0.05) is 12.5 Å². The predicted molar refractivity (Wildman–Crippen MR) is 96.5 cm³/mol. The van der Waals surface area contributed by atoms with Crippen molar-refractivity contribution < 1.29 is 4.74 Å². The van der Waals surface area contributed by atoms with Gasteiger partial charge in [-0.05, 0) is 43.7 Å². The van der Waals surface area contributed by atoms with Gasteiger partial charge in [0.05, 0.1) is 17.6 Å². The third-order valence-corrected chi connectivity index (χ3v) is 4.67. The fraction of sp³-hybridized carbons (Fsp3) is 0.350. The van der Waals surface area contributed by atoms with Crippen LogP contribution in [0.2, 0.25) is 0 Å². The first-order chi connectivity index (χ1) is 11.9. The van der Waals surface area contributed by atoms with Gasteiger partial charge < -0.3 is 14.6 Å². The molecule has 1 N–H and O–H groups in total. The monoisotopic (exact) mass is 321 g/mol. The van der Waals surface area contributed by atoms with Gasteiger partial charge in [-0.15, -0.1) is 0 Å². The van der Waals surface area contributed by atoms with Gasteiger partial charge in [0.2, 0.25) is 0 Å². The number of aromatic nitrogens is 2. The lowest BCUT2D eigenvalue weighted by atomic mass is 9.99. The minimum atomic E-state index is 0.489. The Bertz CT molecular complexity index is 791. The van der Waals surface area contributed by atoms with E-state index in [1.807, 2.05) is 30.3 Å². The first-order valence-electron chi connectivity index (χ1n) is 8.75. The van der Waals surface area contributed by atoms with Crippen LogP contribution in [0, 0.1) is 0 Å². The molecular formula is C20H23N3O. The van der Waals surface area contributed by atoms with Crippen molar-refractivity contribution in [2.45, 2.75) is 25.3 Å². The van der Waals surface area contributed by atoms with Gasteiger partial charge in [-0.3, -0.25) is 0 Å². The Hall–Kier alpha value is -2.33. The summed E-state index contributed by atoms with van der Waals surface area (Å²) in [7, 11) is 0. The number of hydrogen-bond donors (Lipinski definition) is 1. The van der Waals surface area contributed by atoms with Crippen molar-refractivity contribution in [2.24, 2.45) is 0 Å². The van der Waals surface area contributed by atoms with Crippen LogP contribution in [-0.4, -0.2) is 29.2 Å². The first kappa shape index (κ1) is 15.2. The van der Waals surface area contributed by atoms with E-state index in [1.54, 1.807) is 0 Å². The molecule has 1 aromatic heterocycles. The first-order valence-corrected chi connectivity index (χ1v) is 8.75. The lowest BCUT2D eigenvalue weighted by Crippen LogP contribution is -2.30. The molecule has 2 heterocycles. The van der Waals surface area contributed by atoms with Crippen LogP contribution in [0.5, 0.6) is 5.75 Å². The van der Waals surface area contributed by atoms with Crippen molar-refractivity contribution in [2.75, 3.05) is 19.7 Å². The molecule has 4 rings (SSSR count). The zero-order chi connectivity index (χ0) is 16.2. The lowest BCUT2D eigenvalue weighted by Gasteiger charge is -2.23. The number of imidazole rings is 1. The van der Waals surface area contributed by atoms with Crippen LogP contribution in [0.1, 0.15) is 24.6 Å². The van der Waals surface area contributed by atoms with Crippen molar-refractivity contribution in [1.29, 1.82) is 0 Å². The minimum Gasteiger partial charge on any atom is -0.492 e. The van der Waals surface area contributed by atoms with Gasteiger partial charge in [0.1, 0.15) is 18.2 Å². The van der Waals surface area contributed by atoms with Crippen LogP contribution in [0.4, 0.5) is 0 Å². The van der Waals surface area contributed by atoms with E-state index in [1.165, 1.54) is 24.2 Å².